The van der Waals surface area contributed by atoms with E-state index >= 15 is 0 Å². The van der Waals surface area contributed by atoms with Gasteiger partial charge in [0.05, 0.1) is 0 Å². The van der Waals surface area contributed by atoms with Gasteiger partial charge in [0.2, 0.25) is 5.60 Å². The van der Waals surface area contributed by atoms with Gasteiger partial charge in [0.25, 0.3) is 0 Å². The summed E-state index contributed by atoms with van der Waals surface area (Å²) in [4.78, 5) is 0. The molecule has 2 aromatic carbocycles. The molecule has 0 aliphatic heterocycles. The molecule has 2 rings (SSSR count). The second kappa shape index (κ2) is 6.10. The van der Waals surface area contributed by atoms with Gasteiger partial charge in [-0.05, 0) is 29.8 Å². The molecule has 0 radical (unpaired) electrons. The summed E-state index contributed by atoms with van der Waals surface area (Å²) in [6, 6.07) is 10.1. The molecule has 0 bridgehead atoms. The summed E-state index contributed by atoms with van der Waals surface area (Å²) in [6.45, 7) is 0. The van der Waals surface area contributed by atoms with Crippen molar-refractivity contribution in [2.75, 3.05) is 0 Å². The summed E-state index contributed by atoms with van der Waals surface area (Å²) in [6.07, 6.45) is -3.43. The molecule has 0 aromatic heterocycles. The highest BCUT2D eigenvalue weighted by Crippen LogP contribution is 2.43. The first-order valence-electron chi connectivity index (χ1n) is 6.23. The van der Waals surface area contributed by atoms with Crippen LogP contribution in [0.25, 0.3) is 6.08 Å². The Balaban J connectivity index is 2.50. The van der Waals surface area contributed by atoms with Crippen LogP contribution in [0.1, 0.15) is 11.1 Å². The molecule has 1 nitrogen and oxygen atoms in total. The molecule has 6 heteroatoms. The average molecular weight is 331 g/mol. The minimum Gasteiger partial charge on any atom is -0.373 e. The van der Waals surface area contributed by atoms with E-state index in [1.165, 1.54) is 36.4 Å². The van der Waals surface area contributed by atoms with E-state index in [1.807, 2.05) is 0 Å². The molecule has 0 spiro atoms. The standard InChI is InChI=1S/C16H11ClF4O/c17-14-7-2-1-6-13(14)15(22,16(19,20)21)9-8-11-4-3-5-12(18)10-11/h1-10,22H. The molecular formula is C16H11ClF4O. The first-order valence-corrected chi connectivity index (χ1v) is 6.61. The fraction of sp³-hybridized carbons (Fsp3) is 0.125. The molecule has 116 valence electrons. The first-order chi connectivity index (χ1) is 10.2. The average Bonchev–Trinajstić information content (AvgIpc) is 2.44. The second-order valence-corrected chi connectivity index (χ2v) is 5.04. The van der Waals surface area contributed by atoms with Crippen molar-refractivity contribution in [1.29, 1.82) is 0 Å². The molecule has 1 N–H and O–H groups in total. The van der Waals surface area contributed by atoms with Gasteiger partial charge >= 0.3 is 6.18 Å². The van der Waals surface area contributed by atoms with E-state index in [4.69, 9.17) is 11.6 Å². The van der Waals surface area contributed by atoms with Crippen molar-refractivity contribution in [3.8, 4) is 0 Å². The van der Waals surface area contributed by atoms with E-state index in [-0.39, 0.29) is 10.6 Å². The van der Waals surface area contributed by atoms with E-state index in [9.17, 15) is 22.7 Å². The van der Waals surface area contributed by atoms with Crippen molar-refractivity contribution in [3.63, 3.8) is 0 Å². The van der Waals surface area contributed by atoms with Crippen LogP contribution in [0.2, 0.25) is 5.02 Å². The number of aliphatic hydroxyl groups is 1. The lowest BCUT2D eigenvalue weighted by Crippen LogP contribution is -2.40. The SMILES string of the molecule is OC(C=Cc1cccc(F)c1)(c1ccccc1Cl)C(F)(F)F. The zero-order valence-electron chi connectivity index (χ0n) is 11.1. The Kier molecular flexibility index (Phi) is 4.58. The monoisotopic (exact) mass is 330 g/mol. The minimum atomic E-state index is -4.98. The third kappa shape index (κ3) is 3.31. The summed E-state index contributed by atoms with van der Waals surface area (Å²) in [7, 11) is 0. The quantitative estimate of drug-likeness (QED) is 0.790. The van der Waals surface area contributed by atoms with Gasteiger partial charge in [-0.3, -0.25) is 0 Å². The Morgan fingerprint density at radius 1 is 1.00 bits per heavy atom. The van der Waals surface area contributed by atoms with Crippen LogP contribution in [0.5, 0.6) is 0 Å². The van der Waals surface area contributed by atoms with E-state index in [0.29, 0.717) is 6.08 Å². The van der Waals surface area contributed by atoms with E-state index < -0.39 is 23.2 Å². The Labute approximate surface area is 129 Å². The van der Waals surface area contributed by atoms with Gasteiger partial charge in [-0.15, -0.1) is 0 Å². The predicted molar refractivity (Wildman–Crippen MR) is 76.8 cm³/mol. The van der Waals surface area contributed by atoms with Crippen molar-refractivity contribution >= 4 is 17.7 Å². The summed E-state index contributed by atoms with van der Waals surface area (Å²) in [5.74, 6) is -0.588. The molecule has 1 unspecified atom stereocenters. The van der Waals surface area contributed by atoms with Crippen molar-refractivity contribution < 1.29 is 22.7 Å². The molecule has 0 saturated carbocycles. The van der Waals surface area contributed by atoms with Crippen LogP contribution >= 0.6 is 11.6 Å². The Morgan fingerprint density at radius 2 is 1.68 bits per heavy atom. The Hall–Kier alpha value is -1.85. The number of hydrogen-bond donors (Lipinski definition) is 1. The van der Waals surface area contributed by atoms with Crippen LogP contribution in [-0.4, -0.2) is 11.3 Å². The molecule has 2 aromatic rings. The smallest absolute Gasteiger partial charge is 0.373 e. The molecule has 1 atom stereocenters. The molecule has 0 aliphatic carbocycles. The van der Waals surface area contributed by atoms with Crippen molar-refractivity contribution in [3.05, 3.63) is 76.6 Å². The van der Waals surface area contributed by atoms with Crippen LogP contribution in [0, 0.1) is 5.82 Å². The second-order valence-electron chi connectivity index (χ2n) is 4.63. The van der Waals surface area contributed by atoms with Gasteiger partial charge in [0.1, 0.15) is 5.82 Å². The van der Waals surface area contributed by atoms with Gasteiger partial charge in [-0.25, -0.2) is 4.39 Å². The van der Waals surface area contributed by atoms with Gasteiger partial charge in [0, 0.05) is 10.6 Å². The fourth-order valence-corrected chi connectivity index (χ4v) is 2.21. The molecule has 0 aliphatic rings. The van der Waals surface area contributed by atoms with E-state index in [2.05, 4.69) is 0 Å². The lowest BCUT2D eigenvalue weighted by atomic mass is 9.92. The van der Waals surface area contributed by atoms with Crippen LogP contribution in [0.15, 0.2) is 54.6 Å². The third-order valence-electron chi connectivity index (χ3n) is 3.08. The summed E-state index contributed by atoms with van der Waals surface area (Å²) in [5.41, 5.74) is -3.57. The van der Waals surface area contributed by atoms with Gasteiger partial charge in [-0.2, -0.15) is 13.2 Å². The van der Waals surface area contributed by atoms with Gasteiger partial charge in [-0.1, -0.05) is 48.0 Å². The summed E-state index contributed by atoms with van der Waals surface area (Å²) < 4.78 is 53.0. The van der Waals surface area contributed by atoms with Gasteiger partial charge < -0.3 is 5.11 Å². The molecular weight excluding hydrogens is 320 g/mol. The van der Waals surface area contributed by atoms with E-state index in [1.54, 1.807) is 0 Å². The number of hydrogen-bond acceptors (Lipinski definition) is 1. The minimum absolute atomic E-state index is 0.190. The third-order valence-corrected chi connectivity index (χ3v) is 3.41. The van der Waals surface area contributed by atoms with Crippen molar-refractivity contribution in [1.82, 2.24) is 0 Å². The molecule has 0 fully saturated rings. The van der Waals surface area contributed by atoms with Crippen molar-refractivity contribution in [2.45, 2.75) is 11.8 Å². The van der Waals surface area contributed by atoms with Crippen LogP contribution in [0.3, 0.4) is 0 Å². The topological polar surface area (TPSA) is 20.2 Å². The highest BCUT2D eigenvalue weighted by atomic mass is 35.5. The molecule has 22 heavy (non-hydrogen) atoms. The van der Waals surface area contributed by atoms with Crippen LogP contribution < -0.4 is 0 Å². The van der Waals surface area contributed by atoms with Crippen LogP contribution in [-0.2, 0) is 5.60 Å². The molecule has 0 heterocycles. The highest BCUT2D eigenvalue weighted by Gasteiger charge is 2.54. The van der Waals surface area contributed by atoms with Crippen LogP contribution in [0.4, 0.5) is 17.6 Å². The number of halogens is 5. The number of benzene rings is 2. The first kappa shape index (κ1) is 16.5. The Morgan fingerprint density at radius 3 is 2.27 bits per heavy atom. The zero-order chi connectivity index (χ0) is 16.4. The summed E-state index contributed by atoms with van der Waals surface area (Å²) in [5, 5.41) is 9.92. The maximum atomic E-state index is 13.3. The molecule has 0 saturated heterocycles. The predicted octanol–water partition coefficient (Wildman–Crippen LogP) is 4.94. The lowest BCUT2D eigenvalue weighted by Gasteiger charge is -2.28. The molecule has 0 amide bonds. The number of rotatable bonds is 3. The fourth-order valence-electron chi connectivity index (χ4n) is 1.93. The largest absolute Gasteiger partial charge is 0.425 e. The van der Waals surface area contributed by atoms with Gasteiger partial charge in [0.15, 0.2) is 0 Å². The lowest BCUT2D eigenvalue weighted by molar-refractivity contribution is -0.244. The maximum Gasteiger partial charge on any atom is 0.425 e. The maximum absolute atomic E-state index is 13.3. The highest BCUT2D eigenvalue weighted by molar-refractivity contribution is 6.31. The zero-order valence-corrected chi connectivity index (χ0v) is 11.9. The van der Waals surface area contributed by atoms with E-state index in [0.717, 1.165) is 18.2 Å². The van der Waals surface area contributed by atoms with Crippen molar-refractivity contribution in [2.24, 2.45) is 0 Å². The summed E-state index contributed by atoms with van der Waals surface area (Å²) >= 11 is 5.77. The Bertz CT molecular complexity index is 697. The normalized spacial score (nSPS) is 15.0. The number of alkyl halides is 3.